The molecule has 130 valence electrons. The molecule has 0 radical (unpaired) electrons. The summed E-state index contributed by atoms with van der Waals surface area (Å²) in [6, 6.07) is 17.2. The van der Waals surface area contributed by atoms with Crippen LogP contribution < -0.4 is 10.6 Å². The van der Waals surface area contributed by atoms with Gasteiger partial charge in [-0.3, -0.25) is 9.59 Å². The summed E-state index contributed by atoms with van der Waals surface area (Å²) in [5, 5.41) is 5.47. The number of hydrogen-bond acceptors (Lipinski definition) is 4. The second kappa shape index (κ2) is 7.57. The van der Waals surface area contributed by atoms with Crippen molar-refractivity contribution < 1.29 is 9.59 Å². The monoisotopic (exact) mass is 346 g/mol. The topological polar surface area (TPSA) is 84.0 Å². The zero-order chi connectivity index (χ0) is 18.5. The number of hydrogen-bond donors (Lipinski definition) is 2. The van der Waals surface area contributed by atoms with Crippen molar-refractivity contribution in [2.45, 2.75) is 13.8 Å². The van der Waals surface area contributed by atoms with Gasteiger partial charge < -0.3 is 10.6 Å². The lowest BCUT2D eigenvalue weighted by Gasteiger charge is -2.07. The fourth-order valence-corrected chi connectivity index (χ4v) is 2.38. The minimum absolute atomic E-state index is 0.282. The zero-order valence-corrected chi connectivity index (χ0v) is 14.5. The maximum atomic E-state index is 12.3. The predicted octanol–water partition coefficient (Wildman–Crippen LogP) is 3.60. The van der Waals surface area contributed by atoms with Crippen LogP contribution in [0, 0.1) is 13.8 Å². The van der Waals surface area contributed by atoms with Gasteiger partial charge in [0.1, 0.15) is 11.6 Å². The maximum absolute atomic E-state index is 12.3. The molecule has 0 saturated heterocycles. The van der Waals surface area contributed by atoms with Crippen molar-refractivity contribution in [1.29, 1.82) is 0 Å². The van der Waals surface area contributed by atoms with Crippen molar-refractivity contribution in [2.24, 2.45) is 0 Å². The summed E-state index contributed by atoms with van der Waals surface area (Å²) in [6.07, 6.45) is 0. The Labute approximate surface area is 151 Å². The molecule has 0 atom stereocenters. The third-order valence-corrected chi connectivity index (χ3v) is 3.67. The smallest absolute Gasteiger partial charge is 0.256 e. The number of carbonyl (C=O) groups excluding carboxylic acids is 2. The Morgan fingerprint density at radius 1 is 0.654 bits per heavy atom. The average Bonchev–Trinajstić information content (AvgIpc) is 2.62. The van der Waals surface area contributed by atoms with Crippen LogP contribution in [0.25, 0.3) is 0 Å². The van der Waals surface area contributed by atoms with Crippen molar-refractivity contribution in [3.8, 4) is 0 Å². The first-order chi connectivity index (χ1) is 12.5. The summed E-state index contributed by atoms with van der Waals surface area (Å²) < 4.78 is 0. The number of nitrogens with one attached hydrogen (secondary N) is 2. The summed E-state index contributed by atoms with van der Waals surface area (Å²) in [6.45, 7) is 3.71. The molecule has 0 aliphatic heterocycles. The van der Waals surface area contributed by atoms with Crippen LogP contribution in [0.1, 0.15) is 32.1 Å². The van der Waals surface area contributed by atoms with E-state index < -0.39 is 0 Å². The van der Waals surface area contributed by atoms with E-state index in [4.69, 9.17) is 0 Å². The fourth-order valence-electron chi connectivity index (χ4n) is 2.38. The number of carbonyl (C=O) groups is 2. The molecule has 0 bridgehead atoms. The number of rotatable bonds is 4. The summed E-state index contributed by atoms with van der Waals surface area (Å²) in [5.74, 6) is 0.413. The van der Waals surface area contributed by atoms with Gasteiger partial charge in [0.2, 0.25) is 0 Å². The van der Waals surface area contributed by atoms with E-state index in [9.17, 15) is 9.59 Å². The first-order valence-electron chi connectivity index (χ1n) is 8.11. The van der Waals surface area contributed by atoms with Gasteiger partial charge in [0.05, 0.1) is 0 Å². The Morgan fingerprint density at radius 3 is 1.38 bits per heavy atom. The summed E-state index contributed by atoms with van der Waals surface area (Å²) in [7, 11) is 0. The van der Waals surface area contributed by atoms with Crippen LogP contribution >= 0.6 is 0 Å². The molecule has 3 rings (SSSR count). The number of aryl methyl sites for hydroxylation is 2. The molecule has 2 aromatic heterocycles. The van der Waals surface area contributed by atoms with Gasteiger partial charge in [0.25, 0.3) is 11.8 Å². The Morgan fingerprint density at radius 2 is 1.04 bits per heavy atom. The van der Waals surface area contributed by atoms with E-state index in [-0.39, 0.29) is 11.8 Å². The van der Waals surface area contributed by atoms with Gasteiger partial charge in [0, 0.05) is 22.5 Å². The van der Waals surface area contributed by atoms with E-state index in [1.165, 1.54) is 0 Å². The Bertz CT molecular complexity index is 874. The number of aromatic nitrogens is 2. The normalized spacial score (nSPS) is 10.2. The zero-order valence-electron chi connectivity index (χ0n) is 14.5. The van der Waals surface area contributed by atoms with Crippen molar-refractivity contribution in [3.63, 3.8) is 0 Å². The van der Waals surface area contributed by atoms with E-state index in [0.29, 0.717) is 22.8 Å². The fraction of sp³-hybridized carbons (Fsp3) is 0.100. The molecule has 0 unspecified atom stereocenters. The summed E-state index contributed by atoms with van der Waals surface area (Å²) >= 11 is 0. The molecule has 0 spiro atoms. The van der Waals surface area contributed by atoms with Gasteiger partial charge in [-0.25, -0.2) is 9.97 Å². The van der Waals surface area contributed by atoms with Crippen LogP contribution in [0.3, 0.4) is 0 Å². The molecule has 2 amide bonds. The molecular formula is C20H18N4O2. The first kappa shape index (κ1) is 17.3. The highest BCUT2D eigenvalue weighted by molar-refractivity contribution is 6.06. The first-order valence-corrected chi connectivity index (χ1v) is 8.11. The van der Waals surface area contributed by atoms with Gasteiger partial charge in [0.15, 0.2) is 0 Å². The Balaban J connectivity index is 1.67. The van der Waals surface area contributed by atoms with Crippen LogP contribution in [0.5, 0.6) is 0 Å². The van der Waals surface area contributed by atoms with E-state index in [0.717, 1.165) is 11.4 Å². The molecule has 6 nitrogen and oxygen atoms in total. The quantitative estimate of drug-likeness (QED) is 0.756. The Kier molecular flexibility index (Phi) is 5.03. The van der Waals surface area contributed by atoms with Gasteiger partial charge in [-0.05, 0) is 62.4 Å². The lowest BCUT2D eigenvalue weighted by Crippen LogP contribution is -2.15. The highest BCUT2D eigenvalue weighted by Crippen LogP contribution is 2.11. The standard InChI is InChI=1S/C20H18N4O2/c1-13-5-3-7-17(21-13)23-19(25)15-9-11-16(12-10-15)20(26)24-18-8-4-6-14(2)22-18/h3-12H,1-2H3,(H,21,23,25)(H,22,24,26). The van der Waals surface area contributed by atoms with Crippen LogP contribution in [-0.4, -0.2) is 21.8 Å². The third-order valence-electron chi connectivity index (χ3n) is 3.67. The van der Waals surface area contributed by atoms with Gasteiger partial charge in [-0.2, -0.15) is 0 Å². The molecule has 2 N–H and O–H groups in total. The van der Waals surface area contributed by atoms with Crippen molar-refractivity contribution in [3.05, 3.63) is 83.2 Å². The SMILES string of the molecule is Cc1cccc(NC(=O)c2ccc(C(=O)Nc3cccc(C)n3)cc2)n1. The van der Waals surface area contributed by atoms with E-state index in [1.807, 2.05) is 38.1 Å². The maximum Gasteiger partial charge on any atom is 0.256 e. The summed E-state index contributed by atoms with van der Waals surface area (Å²) in [4.78, 5) is 33.0. The van der Waals surface area contributed by atoms with Crippen LogP contribution in [0.4, 0.5) is 11.6 Å². The van der Waals surface area contributed by atoms with Crippen molar-refractivity contribution in [1.82, 2.24) is 9.97 Å². The number of pyridine rings is 2. The van der Waals surface area contributed by atoms with Gasteiger partial charge in [-0.1, -0.05) is 12.1 Å². The molecule has 1 aromatic carbocycles. The second-order valence-electron chi connectivity index (χ2n) is 5.81. The van der Waals surface area contributed by atoms with Crippen LogP contribution in [0.2, 0.25) is 0 Å². The van der Waals surface area contributed by atoms with Crippen molar-refractivity contribution in [2.75, 3.05) is 10.6 Å². The molecular weight excluding hydrogens is 328 g/mol. The lowest BCUT2D eigenvalue weighted by atomic mass is 10.1. The lowest BCUT2D eigenvalue weighted by molar-refractivity contribution is 0.101. The molecule has 6 heteroatoms. The van der Waals surface area contributed by atoms with E-state index in [2.05, 4.69) is 20.6 Å². The van der Waals surface area contributed by atoms with E-state index >= 15 is 0 Å². The number of amides is 2. The molecule has 2 heterocycles. The predicted molar refractivity (Wildman–Crippen MR) is 100 cm³/mol. The van der Waals surface area contributed by atoms with Gasteiger partial charge in [-0.15, -0.1) is 0 Å². The van der Waals surface area contributed by atoms with Crippen molar-refractivity contribution >= 4 is 23.5 Å². The molecule has 0 fully saturated rings. The van der Waals surface area contributed by atoms with Crippen LogP contribution in [-0.2, 0) is 0 Å². The summed E-state index contributed by atoms with van der Waals surface area (Å²) in [5.41, 5.74) is 2.52. The van der Waals surface area contributed by atoms with Crippen LogP contribution in [0.15, 0.2) is 60.7 Å². The molecule has 0 saturated carbocycles. The number of anilines is 2. The molecule has 0 aliphatic rings. The molecule has 26 heavy (non-hydrogen) atoms. The largest absolute Gasteiger partial charge is 0.307 e. The molecule has 0 aliphatic carbocycles. The second-order valence-corrected chi connectivity index (χ2v) is 5.81. The molecule has 3 aromatic rings. The Hall–Kier alpha value is -3.54. The van der Waals surface area contributed by atoms with E-state index in [1.54, 1.807) is 36.4 Å². The number of benzene rings is 1. The third kappa shape index (κ3) is 4.30. The minimum atomic E-state index is -0.282. The highest BCUT2D eigenvalue weighted by Gasteiger charge is 2.10. The minimum Gasteiger partial charge on any atom is -0.307 e. The van der Waals surface area contributed by atoms with Gasteiger partial charge >= 0.3 is 0 Å². The number of nitrogens with zero attached hydrogens (tertiary/aromatic N) is 2. The highest BCUT2D eigenvalue weighted by atomic mass is 16.2. The average molecular weight is 346 g/mol.